The Kier molecular flexibility index (Phi) is 6.60. The summed E-state index contributed by atoms with van der Waals surface area (Å²) in [6.45, 7) is 4.36. The minimum atomic E-state index is -4.02. The van der Waals surface area contributed by atoms with Crippen molar-refractivity contribution in [3.05, 3.63) is 0 Å². The SMILES string of the molecule is CC(C)CCCC(NN)C1CCC(C(F)(F)F)CC1. The summed E-state index contributed by atoms with van der Waals surface area (Å²) in [5.74, 6) is 5.44. The molecule has 1 unspecified atom stereocenters. The normalized spacial score (nSPS) is 26.7. The second-order valence-electron chi connectivity index (χ2n) is 6.25. The third-order valence-corrected chi connectivity index (χ3v) is 4.31. The summed E-state index contributed by atoms with van der Waals surface area (Å²) in [6.07, 6.45) is 0.987. The van der Waals surface area contributed by atoms with Crippen molar-refractivity contribution in [1.82, 2.24) is 5.43 Å². The average Bonchev–Trinajstić information content (AvgIpc) is 2.33. The minimum absolute atomic E-state index is 0.174. The number of nitrogens with one attached hydrogen (secondary N) is 1. The quantitative estimate of drug-likeness (QED) is 0.570. The van der Waals surface area contributed by atoms with Crippen molar-refractivity contribution in [2.75, 3.05) is 0 Å². The van der Waals surface area contributed by atoms with Crippen molar-refractivity contribution in [3.63, 3.8) is 0 Å². The monoisotopic (exact) mass is 280 g/mol. The second-order valence-corrected chi connectivity index (χ2v) is 6.25. The molecule has 0 aromatic heterocycles. The third kappa shape index (κ3) is 5.69. The predicted octanol–water partition coefficient (Wildman–Crippen LogP) is 4.01. The van der Waals surface area contributed by atoms with Crippen molar-refractivity contribution in [1.29, 1.82) is 0 Å². The summed E-state index contributed by atoms with van der Waals surface area (Å²) in [6, 6.07) is 0.174. The minimum Gasteiger partial charge on any atom is -0.271 e. The molecule has 5 heteroatoms. The smallest absolute Gasteiger partial charge is 0.271 e. The zero-order valence-corrected chi connectivity index (χ0v) is 12.0. The lowest BCUT2D eigenvalue weighted by molar-refractivity contribution is -0.184. The first-order valence-corrected chi connectivity index (χ1v) is 7.37. The van der Waals surface area contributed by atoms with Gasteiger partial charge >= 0.3 is 6.18 Å². The van der Waals surface area contributed by atoms with Gasteiger partial charge < -0.3 is 0 Å². The van der Waals surface area contributed by atoms with Gasteiger partial charge in [0.25, 0.3) is 0 Å². The van der Waals surface area contributed by atoms with Crippen LogP contribution in [-0.4, -0.2) is 12.2 Å². The van der Waals surface area contributed by atoms with E-state index in [1.165, 1.54) is 0 Å². The van der Waals surface area contributed by atoms with E-state index in [9.17, 15) is 13.2 Å². The largest absolute Gasteiger partial charge is 0.391 e. The fraction of sp³-hybridized carbons (Fsp3) is 1.00. The molecule has 1 aliphatic rings. The molecule has 0 radical (unpaired) electrons. The van der Waals surface area contributed by atoms with Crippen LogP contribution < -0.4 is 11.3 Å². The molecule has 0 heterocycles. The van der Waals surface area contributed by atoms with Gasteiger partial charge in [0.1, 0.15) is 0 Å². The van der Waals surface area contributed by atoms with Crippen LogP contribution in [0.4, 0.5) is 13.2 Å². The number of rotatable bonds is 6. The van der Waals surface area contributed by atoms with Gasteiger partial charge in [-0.1, -0.05) is 26.7 Å². The highest BCUT2D eigenvalue weighted by Gasteiger charge is 2.42. The van der Waals surface area contributed by atoms with E-state index in [0.29, 0.717) is 24.7 Å². The van der Waals surface area contributed by atoms with E-state index < -0.39 is 12.1 Å². The Balaban J connectivity index is 2.35. The second kappa shape index (κ2) is 7.48. The molecule has 114 valence electrons. The summed E-state index contributed by atoms with van der Waals surface area (Å²) in [5.41, 5.74) is 2.82. The first-order valence-electron chi connectivity index (χ1n) is 7.37. The first-order chi connectivity index (χ1) is 8.84. The van der Waals surface area contributed by atoms with Gasteiger partial charge in [-0.15, -0.1) is 0 Å². The van der Waals surface area contributed by atoms with Gasteiger partial charge in [-0.25, -0.2) is 0 Å². The van der Waals surface area contributed by atoms with Crippen molar-refractivity contribution in [3.8, 4) is 0 Å². The van der Waals surface area contributed by atoms with Crippen LogP contribution in [0.1, 0.15) is 58.8 Å². The van der Waals surface area contributed by atoms with Gasteiger partial charge in [0.15, 0.2) is 0 Å². The summed E-state index contributed by atoms with van der Waals surface area (Å²) >= 11 is 0. The lowest BCUT2D eigenvalue weighted by Crippen LogP contribution is -2.43. The van der Waals surface area contributed by atoms with Gasteiger partial charge in [-0.05, 0) is 43.9 Å². The lowest BCUT2D eigenvalue weighted by atomic mass is 9.77. The molecular weight excluding hydrogens is 253 g/mol. The fourth-order valence-corrected chi connectivity index (χ4v) is 3.05. The van der Waals surface area contributed by atoms with Crippen LogP contribution in [0.2, 0.25) is 0 Å². The molecule has 0 aliphatic heterocycles. The Labute approximate surface area is 114 Å². The Morgan fingerprint density at radius 3 is 2.11 bits per heavy atom. The van der Waals surface area contributed by atoms with E-state index in [2.05, 4.69) is 19.3 Å². The zero-order valence-electron chi connectivity index (χ0n) is 12.0. The Bertz CT molecular complexity index is 246. The van der Waals surface area contributed by atoms with E-state index in [1.807, 2.05) is 0 Å². The standard InChI is InChI=1S/C14H27F3N2/c1-10(2)4-3-5-13(19-18)11-6-8-12(9-7-11)14(15,16)17/h10-13,19H,3-9,18H2,1-2H3. The number of alkyl halides is 3. The molecule has 0 aromatic carbocycles. The molecule has 1 rings (SSSR count). The van der Waals surface area contributed by atoms with Gasteiger partial charge in [-0.3, -0.25) is 11.3 Å². The number of hydrogen-bond acceptors (Lipinski definition) is 2. The number of hydrogen-bond donors (Lipinski definition) is 2. The average molecular weight is 280 g/mol. The Hall–Kier alpha value is -0.290. The fourth-order valence-electron chi connectivity index (χ4n) is 3.05. The molecule has 1 aliphatic carbocycles. The van der Waals surface area contributed by atoms with Gasteiger partial charge in [0.2, 0.25) is 0 Å². The molecule has 0 aromatic rings. The van der Waals surface area contributed by atoms with Crippen LogP contribution in [0.15, 0.2) is 0 Å². The van der Waals surface area contributed by atoms with Crippen LogP contribution in [0.3, 0.4) is 0 Å². The molecule has 0 spiro atoms. The maximum absolute atomic E-state index is 12.6. The number of nitrogens with two attached hydrogens (primary N) is 1. The highest BCUT2D eigenvalue weighted by Crippen LogP contribution is 2.40. The highest BCUT2D eigenvalue weighted by atomic mass is 19.4. The molecule has 2 nitrogen and oxygen atoms in total. The first kappa shape index (κ1) is 16.8. The topological polar surface area (TPSA) is 38.0 Å². The van der Waals surface area contributed by atoms with Crippen molar-refractivity contribution in [2.45, 2.75) is 71.0 Å². The van der Waals surface area contributed by atoms with Crippen LogP contribution in [0.25, 0.3) is 0 Å². The maximum atomic E-state index is 12.6. The van der Waals surface area contributed by atoms with Crippen molar-refractivity contribution < 1.29 is 13.2 Å². The summed E-state index contributed by atoms with van der Waals surface area (Å²) in [7, 11) is 0. The molecule has 0 amide bonds. The van der Waals surface area contributed by atoms with E-state index in [0.717, 1.165) is 19.3 Å². The zero-order chi connectivity index (χ0) is 14.5. The number of halogens is 3. The van der Waals surface area contributed by atoms with Gasteiger partial charge in [-0.2, -0.15) is 13.2 Å². The van der Waals surface area contributed by atoms with Gasteiger partial charge in [0, 0.05) is 6.04 Å². The summed E-state index contributed by atoms with van der Waals surface area (Å²) in [4.78, 5) is 0. The lowest BCUT2D eigenvalue weighted by Gasteiger charge is -2.34. The third-order valence-electron chi connectivity index (χ3n) is 4.31. The van der Waals surface area contributed by atoms with E-state index in [1.54, 1.807) is 0 Å². The molecular formula is C14H27F3N2. The molecule has 3 N–H and O–H groups in total. The highest BCUT2D eigenvalue weighted by molar-refractivity contribution is 4.83. The van der Waals surface area contributed by atoms with E-state index >= 15 is 0 Å². The van der Waals surface area contributed by atoms with Crippen LogP contribution in [-0.2, 0) is 0 Å². The molecule has 1 atom stereocenters. The van der Waals surface area contributed by atoms with Crippen LogP contribution >= 0.6 is 0 Å². The van der Waals surface area contributed by atoms with Crippen molar-refractivity contribution >= 4 is 0 Å². The number of hydrazine groups is 1. The predicted molar refractivity (Wildman–Crippen MR) is 71.3 cm³/mol. The van der Waals surface area contributed by atoms with Crippen LogP contribution in [0.5, 0.6) is 0 Å². The molecule has 19 heavy (non-hydrogen) atoms. The Morgan fingerprint density at radius 1 is 1.11 bits per heavy atom. The van der Waals surface area contributed by atoms with E-state index in [-0.39, 0.29) is 18.9 Å². The van der Waals surface area contributed by atoms with Crippen molar-refractivity contribution in [2.24, 2.45) is 23.6 Å². The maximum Gasteiger partial charge on any atom is 0.391 e. The Morgan fingerprint density at radius 2 is 1.68 bits per heavy atom. The molecule has 1 fully saturated rings. The summed E-state index contributed by atoms with van der Waals surface area (Å²) < 4.78 is 37.8. The van der Waals surface area contributed by atoms with Crippen LogP contribution in [0, 0.1) is 17.8 Å². The van der Waals surface area contributed by atoms with E-state index in [4.69, 9.17) is 5.84 Å². The summed E-state index contributed by atoms with van der Waals surface area (Å²) in [5, 5.41) is 0. The molecule has 1 saturated carbocycles. The molecule has 0 bridgehead atoms. The van der Waals surface area contributed by atoms with Gasteiger partial charge in [0.05, 0.1) is 5.92 Å². The molecule has 0 saturated heterocycles.